The maximum Gasteiger partial charge on any atom is 0.224 e. The number of ether oxygens (including phenoxy) is 1. The number of hydrogen-bond donors (Lipinski definition) is 0. The average molecular weight is 455 g/mol. The van der Waals surface area contributed by atoms with Gasteiger partial charge in [-0.15, -0.1) is 0 Å². The Hall–Kier alpha value is -3.19. The Balaban J connectivity index is 1.36. The molecule has 2 heterocycles. The molecule has 0 N–H and O–H groups in total. The molecule has 166 valence electrons. The molecule has 4 rings (SSSR count). The van der Waals surface area contributed by atoms with Gasteiger partial charge < -0.3 is 14.5 Å². The molecule has 0 spiro atoms. The third kappa shape index (κ3) is 5.34. The first-order valence-electron chi connectivity index (χ1n) is 10.5. The summed E-state index contributed by atoms with van der Waals surface area (Å²) < 4.78 is 19.1. The molecule has 0 aliphatic carbocycles. The van der Waals surface area contributed by atoms with Crippen LogP contribution in [0.4, 0.5) is 10.2 Å². The lowest BCUT2D eigenvalue weighted by Crippen LogP contribution is -2.54. The van der Waals surface area contributed by atoms with E-state index in [1.54, 1.807) is 6.07 Å². The zero-order chi connectivity index (χ0) is 22.5. The van der Waals surface area contributed by atoms with Gasteiger partial charge in [0.2, 0.25) is 11.8 Å². The molecule has 8 heteroatoms. The Kier molecular flexibility index (Phi) is 6.85. The first-order valence-corrected chi connectivity index (χ1v) is 10.9. The van der Waals surface area contributed by atoms with Gasteiger partial charge in [0.1, 0.15) is 23.7 Å². The first-order chi connectivity index (χ1) is 15.5. The summed E-state index contributed by atoms with van der Waals surface area (Å²) in [6.07, 6.45) is 2.67. The molecule has 1 aliphatic rings. The van der Waals surface area contributed by atoms with Gasteiger partial charge in [-0.2, -0.15) is 0 Å². The smallest absolute Gasteiger partial charge is 0.224 e. The Labute approximate surface area is 191 Å². The lowest BCUT2D eigenvalue weighted by Gasteiger charge is -2.40. The molecule has 1 fully saturated rings. The van der Waals surface area contributed by atoms with E-state index in [4.69, 9.17) is 16.3 Å². The highest BCUT2D eigenvalue weighted by molar-refractivity contribution is 6.30. The number of nitrogens with zero attached hydrogens (tertiary/aromatic N) is 4. The van der Waals surface area contributed by atoms with E-state index in [2.05, 4.69) is 14.9 Å². The van der Waals surface area contributed by atoms with Crippen molar-refractivity contribution in [2.45, 2.75) is 25.8 Å². The van der Waals surface area contributed by atoms with Crippen LogP contribution in [0.1, 0.15) is 18.9 Å². The normalized spacial score (nSPS) is 16.2. The molecule has 1 amide bonds. The number of anilines is 1. The number of halogens is 2. The van der Waals surface area contributed by atoms with Crippen molar-refractivity contribution in [3.8, 4) is 11.6 Å². The van der Waals surface area contributed by atoms with Crippen molar-refractivity contribution in [3.63, 3.8) is 0 Å². The van der Waals surface area contributed by atoms with Crippen molar-refractivity contribution in [3.05, 3.63) is 77.3 Å². The number of carbonyl (C=O) groups is 1. The highest BCUT2D eigenvalue weighted by atomic mass is 35.5. The molecule has 32 heavy (non-hydrogen) atoms. The van der Waals surface area contributed by atoms with E-state index >= 15 is 0 Å². The summed E-state index contributed by atoms with van der Waals surface area (Å²) >= 11 is 5.82. The van der Waals surface area contributed by atoms with E-state index in [1.807, 2.05) is 42.2 Å². The molecule has 0 radical (unpaired) electrons. The monoisotopic (exact) mass is 454 g/mol. The Morgan fingerprint density at radius 3 is 2.72 bits per heavy atom. The summed E-state index contributed by atoms with van der Waals surface area (Å²) in [5.41, 5.74) is 1.17. The minimum atomic E-state index is -0.507. The molecule has 2 aromatic carbocycles. The van der Waals surface area contributed by atoms with Gasteiger partial charge in [0.05, 0.1) is 5.02 Å². The average Bonchev–Trinajstić information content (AvgIpc) is 2.81. The minimum Gasteiger partial charge on any atom is -0.439 e. The molecule has 0 saturated carbocycles. The number of benzene rings is 2. The molecular weight excluding hydrogens is 431 g/mol. The van der Waals surface area contributed by atoms with Crippen LogP contribution in [0.3, 0.4) is 0 Å². The number of hydrogen-bond acceptors (Lipinski definition) is 5. The standard InChI is InChI=1S/C24H24ClFN4O2/c1-17-15-29(11-12-30(17)24(31)10-7-18-5-3-2-4-6-18)22-14-23(28-16-27-22)32-19-8-9-21(26)20(25)13-19/h2-6,8-9,13-14,16-17H,7,10-12,15H2,1H3/t17-/m0/s1. The number of rotatable bonds is 6. The minimum absolute atomic E-state index is 0.0151. The van der Waals surface area contributed by atoms with Gasteiger partial charge >= 0.3 is 0 Å². The van der Waals surface area contributed by atoms with Crippen LogP contribution in [0, 0.1) is 5.82 Å². The number of aromatic nitrogens is 2. The molecular formula is C24H24ClFN4O2. The third-order valence-corrected chi connectivity index (χ3v) is 5.77. The topological polar surface area (TPSA) is 58.6 Å². The molecule has 0 bridgehead atoms. The molecule has 3 aromatic rings. The number of piperazine rings is 1. The fourth-order valence-electron chi connectivity index (χ4n) is 3.80. The van der Waals surface area contributed by atoms with Crippen molar-refractivity contribution in [2.75, 3.05) is 24.5 Å². The van der Waals surface area contributed by atoms with E-state index < -0.39 is 5.82 Å². The zero-order valence-corrected chi connectivity index (χ0v) is 18.5. The SMILES string of the molecule is C[C@H]1CN(c2cc(Oc3ccc(F)c(Cl)c3)ncn2)CCN1C(=O)CCc1ccccc1. The van der Waals surface area contributed by atoms with Crippen LogP contribution in [0.2, 0.25) is 5.02 Å². The Morgan fingerprint density at radius 2 is 1.97 bits per heavy atom. The fraction of sp³-hybridized carbons (Fsp3) is 0.292. The molecule has 1 aromatic heterocycles. The van der Waals surface area contributed by atoms with Crippen molar-refractivity contribution in [1.29, 1.82) is 0 Å². The van der Waals surface area contributed by atoms with Crippen molar-refractivity contribution >= 4 is 23.3 Å². The second kappa shape index (κ2) is 9.96. The lowest BCUT2D eigenvalue weighted by atomic mass is 10.1. The lowest BCUT2D eigenvalue weighted by molar-refractivity contribution is -0.133. The molecule has 1 aliphatic heterocycles. The second-order valence-electron chi connectivity index (χ2n) is 7.76. The van der Waals surface area contributed by atoms with E-state index in [1.165, 1.54) is 30.1 Å². The molecule has 0 unspecified atom stereocenters. The van der Waals surface area contributed by atoms with E-state index in [9.17, 15) is 9.18 Å². The summed E-state index contributed by atoms with van der Waals surface area (Å²) in [7, 11) is 0. The Morgan fingerprint density at radius 1 is 1.16 bits per heavy atom. The quantitative estimate of drug-likeness (QED) is 0.539. The van der Waals surface area contributed by atoms with Gasteiger partial charge in [0.15, 0.2) is 0 Å². The van der Waals surface area contributed by atoms with Crippen molar-refractivity contribution in [1.82, 2.24) is 14.9 Å². The third-order valence-electron chi connectivity index (χ3n) is 5.48. The van der Waals surface area contributed by atoms with Crippen LogP contribution in [-0.2, 0) is 11.2 Å². The number of amides is 1. The van der Waals surface area contributed by atoms with E-state index in [0.717, 1.165) is 6.42 Å². The van der Waals surface area contributed by atoms with Crippen LogP contribution in [-0.4, -0.2) is 46.5 Å². The van der Waals surface area contributed by atoms with Gasteiger partial charge in [-0.1, -0.05) is 41.9 Å². The summed E-state index contributed by atoms with van der Waals surface area (Å²) in [4.78, 5) is 25.3. The van der Waals surface area contributed by atoms with Crippen LogP contribution in [0.5, 0.6) is 11.6 Å². The summed E-state index contributed by atoms with van der Waals surface area (Å²) in [6, 6.07) is 16.0. The number of aryl methyl sites for hydroxylation is 1. The predicted molar refractivity (Wildman–Crippen MR) is 122 cm³/mol. The summed E-state index contributed by atoms with van der Waals surface area (Å²) in [6.45, 7) is 4.00. The van der Waals surface area contributed by atoms with E-state index in [-0.39, 0.29) is 17.0 Å². The molecule has 1 atom stereocenters. The van der Waals surface area contributed by atoms with Gasteiger partial charge in [-0.3, -0.25) is 4.79 Å². The highest BCUT2D eigenvalue weighted by Gasteiger charge is 2.28. The van der Waals surface area contributed by atoms with Crippen LogP contribution in [0.25, 0.3) is 0 Å². The second-order valence-corrected chi connectivity index (χ2v) is 8.17. The van der Waals surface area contributed by atoms with Crippen molar-refractivity contribution < 1.29 is 13.9 Å². The first kappa shape index (κ1) is 22.0. The number of carbonyl (C=O) groups excluding carboxylic acids is 1. The predicted octanol–water partition coefficient (Wildman–Crippen LogP) is 4.73. The molecule has 1 saturated heterocycles. The fourth-order valence-corrected chi connectivity index (χ4v) is 3.97. The van der Waals surface area contributed by atoms with Crippen LogP contribution in [0.15, 0.2) is 60.9 Å². The largest absolute Gasteiger partial charge is 0.439 e. The maximum atomic E-state index is 13.4. The summed E-state index contributed by atoms with van der Waals surface area (Å²) in [5.74, 6) is 1.11. The van der Waals surface area contributed by atoms with Crippen LogP contribution < -0.4 is 9.64 Å². The van der Waals surface area contributed by atoms with Gasteiger partial charge in [0, 0.05) is 44.2 Å². The van der Waals surface area contributed by atoms with Gasteiger partial charge in [-0.05, 0) is 31.0 Å². The van der Waals surface area contributed by atoms with Crippen molar-refractivity contribution in [2.24, 2.45) is 0 Å². The van der Waals surface area contributed by atoms with Crippen LogP contribution >= 0.6 is 11.6 Å². The highest BCUT2D eigenvalue weighted by Crippen LogP contribution is 2.27. The van der Waals surface area contributed by atoms with Gasteiger partial charge in [-0.25, -0.2) is 14.4 Å². The molecule has 6 nitrogen and oxygen atoms in total. The van der Waals surface area contributed by atoms with E-state index in [0.29, 0.717) is 43.5 Å². The Bertz CT molecular complexity index is 1080. The maximum absolute atomic E-state index is 13.4. The van der Waals surface area contributed by atoms with Gasteiger partial charge in [0.25, 0.3) is 0 Å². The summed E-state index contributed by atoms with van der Waals surface area (Å²) in [5, 5.41) is -0.0151. The zero-order valence-electron chi connectivity index (χ0n) is 17.7.